The third-order valence-electron chi connectivity index (χ3n) is 6.48. The maximum Gasteiger partial charge on any atom is 0.243 e. The predicted molar refractivity (Wildman–Crippen MR) is 130 cm³/mol. The second-order valence-corrected chi connectivity index (χ2v) is 10.9. The van der Waals surface area contributed by atoms with E-state index < -0.39 is 10.0 Å². The van der Waals surface area contributed by atoms with Gasteiger partial charge < -0.3 is 23.0 Å². The number of likely N-dealkylation sites (tertiary alicyclic amines) is 1. The van der Waals surface area contributed by atoms with Crippen molar-refractivity contribution in [2.45, 2.75) is 49.6 Å². The van der Waals surface area contributed by atoms with Crippen LogP contribution in [0.25, 0.3) is 0 Å². The van der Waals surface area contributed by atoms with E-state index in [0.29, 0.717) is 24.8 Å². The average molecular weight is 506 g/mol. The number of rotatable bonds is 8. The van der Waals surface area contributed by atoms with Gasteiger partial charge in [0, 0.05) is 31.4 Å². The van der Waals surface area contributed by atoms with Crippen molar-refractivity contribution in [2.24, 2.45) is 0 Å². The van der Waals surface area contributed by atoms with Crippen molar-refractivity contribution in [1.29, 1.82) is 0 Å². The van der Waals surface area contributed by atoms with Crippen molar-refractivity contribution in [3.63, 3.8) is 0 Å². The summed E-state index contributed by atoms with van der Waals surface area (Å²) in [5.74, 6) is -0.117. The SMILES string of the molecule is O=C(CNC1CCN(Cc2ccccc2)CC1)Nc1ccc(S(=O)(=O)N2CCCCC2)cc1.[Cl-]. The first kappa shape index (κ1) is 26.6. The van der Waals surface area contributed by atoms with E-state index in [1.807, 2.05) is 6.07 Å². The molecule has 2 N–H and O–H groups in total. The molecule has 0 aromatic heterocycles. The topological polar surface area (TPSA) is 81.8 Å². The van der Waals surface area contributed by atoms with E-state index in [4.69, 9.17) is 0 Å². The van der Waals surface area contributed by atoms with Crippen LogP contribution in [0.5, 0.6) is 0 Å². The highest BCUT2D eigenvalue weighted by atomic mass is 35.5. The lowest BCUT2D eigenvalue weighted by molar-refractivity contribution is -0.115. The van der Waals surface area contributed by atoms with Crippen LogP contribution >= 0.6 is 0 Å². The third kappa shape index (κ3) is 7.26. The molecule has 0 spiro atoms. The van der Waals surface area contributed by atoms with Crippen LogP contribution in [0.4, 0.5) is 5.69 Å². The van der Waals surface area contributed by atoms with E-state index in [2.05, 4.69) is 39.8 Å². The van der Waals surface area contributed by atoms with Gasteiger partial charge in [0.2, 0.25) is 15.9 Å². The van der Waals surface area contributed by atoms with Gasteiger partial charge in [-0.3, -0.25) is 9.69 Å². The van der Waals surface area contributed by atoms with Gasteiger partial charge in [0.15, 0.2) is 0 Å². The van der Waals surface area contributed by atoms with Crippen LogP contribution in [-0.2, 0) is 21.4 Å². The minimum absolute atomic E-state index is 0. The van der Waals surface area contributed by atoms with Gasteiger partial charge in [-0.15, -0.1) is 0 Å². The first-order chi connectivity index (χ1) is 16.0. The molecule has 1 amide bonds. The maximum atomic E-state index is 12.7. The smallest absolute Gasteiger partial charge is 0.243 e. The summed E-state index contributed by atoms with van der Waals surface area (Å²) in [6.45, 7) is 4.41. The molecule has 0 aliphatic carbocycles. The monoisotopic (exact) mass is 505 g/mol. The van der Waals surface area contributed by atoms with Gasteiger partial charge >= 0.3 is 0 Å². The van der Waals surface area contributed by atoms with Crippen molar-refractivity contribution >= 4 is 21.6 Å². The number of anilines is 1. The normalized spacial score (nSPS) is 18.2. The van der Waals surface area contributed by atoms with Crippen molar-refractivity contribution in [3.05, 3.63) is 60.2 Å². The molecule has 9 heteroatoms. The summed E-state index contributed by atoms with van der Waals surface area (Å²) in [7, 11) is -3.45. The molecule has 0 unspecified atom stereocenters. The number of hydrogen-bond donors (Lipinski definition) is 2. The van der Waals surface area contributed by atoms with Crippen molar-refractivity contribution in [3.8, 4) is 0 Å². The van der Waals surface area contributed by atoms with Gasteiger partial charge in [-0.1, -0.05) is 36.8 Å². The summed E-state index contributed by atoms with van der Waals surface area (Å²) in [5.41, 5.74) is 1.94. The van der Waals surface area contributed by atoms with Crippen molar-refractivity contribution < 1.29 is 25.6 Å². The van der Waals surface area contributed by atoms with Crippen LogP contribution in [0.3, 0.4) is 0 Å². The Bertz CT molecular complexity index is 1000. The summed E-state index contributed by atoms with van der Waals surface area (Å²) < 4.78 is 27.1. The number of sulfonamides is 1. The van der Waals surface area contributed by atoms with Gasteiger partial charge in [0.1, 0.15) is 0 Å². The number of halogens is 1. The van der Waals surface area contributed by atoms with E-state index in [1.54, 1.807) is 28.6 Å². The molecule has 7 nitrogen and oxygen atoms in total. The molecule has 2 fully saturated rings. The zero-order chi connectivity index (χ0) is 23.1. The van der Waals surface area contributed by atoms with Crippen LogP contribution in [0.2, 0.25) is 0 Å². The molecule has 2 heterocycles. The minimum atomic E-state index is -3.45. The summed E-state index contributed by atoms with van der Waals surface area (Å²) in [6.07, 6.45) is 4.93. The Morgan fingerprint density at radius 1 is 0.882 bits per heavy atom. The number of benzene rings is 2. The lowest BCUT2D eigenvalue weighted by Gasteiger charge is -2.32. The first-order valence-corrected chi connectivity index (χ1v) is 13.3. The maximum absolute atomic E-state index is 12.7. The Hall–Kier alpha value is -1.97. The van der Waals surface area contributed by atoms with Gasteiger partial charge in [-0.05, 0) is 68.6 Å². The van der Waals surface area contributed by atoms with E-state index in [1.165, 1.54) is 5.56 Å². The molecule has 0 bridgehead atoms. The Morgan fingerprint density at radius 3 is 2.18 bits per heavy atom. The number of hydrogen-bond acceptors (Lipinski definition) is 5. The number of amides is 1. The summed E-state index contributed by atoms with van der Waals surface area (Å²) >= 11 is 0. The fourth-order valence-corrected chi connectivity index (χ4v) is 6.06. The third-order valence-corrected chi connectivity index (χ3v) is 8.39. The number of nitrogens with one attached hydrogen (secondary N) is 2. The molecule has 186 valence electrons. The number of nitrogens with zero attached hydrogens (tertiary/aromatic N) is 2. The molecule has 2 aromatic rings. The highest BCUT2D eigenvalue weighted by molar-refractivity contribution is 7.89. The minimum Gasteiger partial charge on any atom is -1.00 e. The summed E-state index contributed by atoms with van der Waals surface area (Å²) in [4.78, 5) is 15.1. The van der Waals surface area contributed by atoms with E-state index in [0.717, 1.165) is 51.7 Å². The van der Waals surface area contributed by atoms with E-state index in [9.17, 15) is 13.2 Å². The second kappa shape index (κ2) is 12.7. The Kier molecular flexibility index (Phi) is 9.91. The summed E-state index contributed by atoms with van der Waals surface area (Å²) in [5, 5.41) is 6.22. The van der Waals surface area contributed by atoms with Crippen LogP contribution < -0.4 is 23.0 Å². The molecule has 0 radical (unpaired) electrons. The zero-order valence-corrected chi connectivity index (χ0v) is 21.0. The highest BCUT2D eigenvalue weighted by Gasteiger charge is 2.25. The Labute approximate surface area is 209 Å². The van der Waals surface area contributed by atoms with Gasteiger partial charge in [0.25, 0.3) is 0 Å². The molecule has 2 aliphatic heterocycles. The molecular weight excluding hydrogens is 472 g/mol. The van der Waals surface area contributed by atoms with Crippen LogP contribution in [0.15, 0.2) is 59.5 Å². The molecule has 2 aromatic carbocycles. The fraction of sp³-hybridized carbons (Fsp3) is 0.480. The van der Waals surface area contributed by atoms with E-state index in [-0.39, 0.29) is 29.8 Å². The molecule has 2 aliphatic rings. The number of carbonyl (C=O) groups excluding carboxylic acids is 1. The molecule has 4 rings (SSSR count). The van der Waals surface area contributed by atoms with Crippen LogP contribution in [-0.4, -0.2) is 62.3 Å². The number of carbonyl (C=O) groups is 1. The molecule has 0 atom stereocenters. The predicted octanol–water partition coefficient (Wildman–Crippen LogP) is 0.0579. The van der Waals surface area contributed by atoms with Crippen molar-refractivity contribution in [2.75, 3.05) is 38.0 Å². The standard InChI is InChI=1S/C25H34N4O3S.ClH/c30-25(19-26-22-13-17-28(18-14-22)20-21-7-3-1-4-8-21)27-23-9-11-24(12-10-23)33(31,32)29-15-5-2-6-16-29;/h1,3-4,7-12,22,26H,2,5-6,13-20H2,(H,27,30);1H/p-1. The number of piperidine rings is 2. The fourth-order valence-electron chi connectivity index (χ4n) is 4.54. The van der Waals surface area contributed by atoms with Crippen molar-refractivity contribution in [1.82, 2.24) is 14.5 Å². The van der Waals surface area contributed by atoms with Crippen LogP contribution in [0.1, 0.15) is 37.7 Å². The quantitative estimate of drug-likeness (QED) is 0.530. The highest BCUT2D eigenvalue weighted by Crippen LogP contribution is 2.22. The Morgan fingerprint density at radius 2 is 1.53 bits per heavy atom. The largest absolute Gasteiger partial charge is 1.00 e. The lowest BCUT2D eigenvalue weighted by Crippen LogP contribution is -3.00. The molecule has 0 saturated carbocycles. The second-order valence-electron chi connectivity index (χ2n) is 8.95. The van der Waals surface area contributed by atoms with Gasteiger partial charge in [0.05, 0.1) is 11.4 Å². The first-order valence-electron chi connectivity index (χ1n) is 11.9. The zero-order valence-electron chi connectivity index (χ0n) is 19.5. The Balaban J connectivity index is 0.00000324. The lowest BCUT2D eigenvalue weighted by atomic mass is 10.0. The molecule has 2 saturated heterocycles. The van der Waals surface area contributed by atoms with Gasteiger partial charge in [-0.25, -0.2) is 8.42 Å². The molecule has 34 heavy (non-hydrogen) atoms. The average Bonchev–Trinajstić information content (AvgIpc) is 2.85. The van der Waals surface area contributed by atoms with Crippen LogP contribution in [0, 0.1) is 0 Å². The van der Waals surface area contributed by atoms with E-state index >= 15 is 0 Å². The van der Waals surface area contributed by atoms with Gasteiger partial charge in [-0.2, -0.15) is 4.31 Å². The summed E-state index contributed by atoms with van der Waals surface area (Å²) in [6, 6.07) is 17.3. The molecular formula is C25H34ClN4O3S-.